The molecule has 2 aromatic rings. The summed E-state index contributed by atoms with van der Waals surface area (Å²) < 4.78 is 0. The number of phenols is 2. The average Bonchev–Trinajstić information content (AvgIpc) is 2.64. The third kappa shape index (κ3) is 2.23. The van der Waals surface area contributed by atoms with E-state index in [1.165, 1.54) is 16.7 Å². The molecule has 0 fully saturated rings. The number of phenolic OH excluding ortho intramolecular Hbond substituents is 2. The van der Waals surface area contributed by atoms with Gasteiger partial charge in [0.2, 0.25) is 0 Å². The van der Waals surface area contributed by atoms with Crippen LogP contribution in [0.3, 0.4) is 0 Å². The number of hydrogen-bond acceptors (Lipinski definition) is 2. The number of benzene rings is 2. The van der Waals surface area contributed by atoms with Crippen molar-refractivity contribution in [2.24, 2.45) is 0 Å². The summed E-state index contributed by atoms with van der Waals surface area (Å²) in [6.45, 7) is 12.6. The fraction of sp³-hybridized carbons (Fsp3) is 0.429. The van der Waals surface area contributed by atoms with Crippen molar-refractivity contribution in [3.63, 3.8) is 0 Å². The molecule has 0 heterocycles. The summed E-state index contributed by atoms with van der Waals surface area (Å²) in [5.41, 5.74) is 6.37. The van der Waals surface area contributed by atoms with Crippen LogP contribution in [0.4, 0.5) is 0 Å². The summed E-state index contributed by atoms with van der Waals surface area (Å²) in [6.07, 6.45) is 0.988. The van der Waals surface area contributed by atoms with Gasteiger partial charge in [-0.15, -0.1) is 0 Å². The van der Waals surface area contributed by atoms with Crippen LogP contribution in [0.15, 0.2) is 24.3 Å². The largest absolute Gasteiger partial charge is 0.508 e. The number of rotatable bonds is 1. The highest BCUT2D eigenvalue weighted by Gasteiger charge is 2.46. The fourth-order valence-electron chi connectivity index (χ4n) is 4.32. The van der Waals surface area contributed by atoms with Gasteiger partial charge in [-0.2, -0.15) is 0 Å². The SMILES string of the molecule is Cc1cc2c(cc1O)C(C)(c1cc(C)c(O)c(C)c1)CC2(C)C. The molecule has 0 amide bonds. The van der Waals surface area contributed by atoms with Crippen molar-refractivity contribution in [1.82, 2.24) is 0 Å². The van der Waals surface area contributed by atoms with Crippen LogP contribution in [0.1, 0.15) is 60.6 Å². The molecular weight excluding hydrogens is 284 g/mol. The number of aromatic hydroxyl groups is 2. The zero-order chi connectivity index (χ0) is 17.2. The van der Waals surface area contributed by atoms with Crippen LogP contribution in [0, 0.1) is 20.8 Å². The lowest BCUT2D eigenvalue weighted by Gasteiger charge is -2.29. The predicted octanol–water partition coefficient (Wildman–Crippen LogP) is 5.01. The minimum absolute atomic E-state index is 0.0578. The van der Waals surface area contributed by atoms with Gasteiger partial charge in [0.15, 0.2) is 0 Å². The Kier molecular flexibility index (Phi) is 3.30. The maximum atomic E-state index is 10.2. The molecule has 3 rings (SSSR count). The minimum atomic E-state index is -0.159. The first-order valence-electron chi connectivity index (χ1n) is 8.21. The average molecular weight is 310 g/mol. The fourth-order valence-corrected chi connectivity index (χ4v) is 4.32. The van der Waals surface area contributed by atoms with Gasteiger partial charge < -0.3 is 10.2 Å². The molecule has 0 spiro atoms. The van der Waals surface area contributed by atoms with E-state index in [1.807, 2.05) is 26.8 Å². The molecule has 0 aromatic heterocycles. The van der Waals surface area contributed by atoms with Crippen molar-refractivity contribution in [2.45, 2.75) is 58.8 Å². The van der Waals surface area contributed by atoms with Gasteiger partial charge in [-0.3, -0.25) is 0 Å². The normalized spacial score (nSPS) is 22.2. The molecule has 23 heavy (non-hydrogen) atoms. The van der Waals surface area contributed by atoms with Crippen molar-refractivity contribution in [1.29, 1.82) is 0 Å². The summed E-state index contributed by atoms with van der Waals surface area (Å²) >= 11 is 0. The van der Waals surface area contributed by atoms with E-state index >= 15 is 0 Å². The smallest absolute Gasteiger partial charge is 0.121 e. The number of hydrogen-bond donors (Lipinski definition) is 2. The molecule has 0 radical (unpaired) electrons. The van der Waals surface area contributed by atoms with Crippen molar-refractivity contribution in [3.8, 4) is 11.5 Å². The predicted molar refractivity (Wildman–Crippen MR) is 94.5 cm³/mol. The first-order valence-corrected chi connectivity index (χ1v) is 8.21. The van der Waals surface area contributed by atoms with E-state index in [1.54, 1.807) is 0 Å². The second-order valence-electron chi connectivity index (χ2n) is 8.04. The van der Waals surface area contributed by atoms with E-state index in [0.717, 1.165) is 23.1 Å². The molecule has 0 bridgehead atoms. The summed E-state index contributed by atoms with van der Waals surface area (Å²) in [5.74, 6) is 0.737. The Hall–Kier alpha value is -1.96. The molecule has 1 aliphatic rings. The Labute approximate surface area is 138 Å². The first-order chi connectivity index (χ1) is 10.6. The van der Waals surface area contributed by atoms with E-state index in [0.29, 0.717) is 11.5 Å². The van der Waals surface area contributed by atoms with Gasteiger partial charge in [-0.05, 0) is 72.1 Å². The lowest BCUT2D eigenvalue weighted by molar-refractivity contribution is 0.422. The maximum Gasteiger partial charge on any atom is 0.121 e. The molecule has 1 aliphatic carbocycles. The molecule has 2 N–H and O–H groups in total. The Balaban J connectivity index is 2.28. The zero-order valence-electron chi connectivity index (χ0n) is 14.9. The van der Waals surface area contributed by atoms with Crippen molar-refractivity contribution in [3.05, 3.63) is 57.6 Å². The van der Waals surface area contributed by atoms with Crippen LogP contribution in [0.25, 0.3) is 0 Å². The zero-order valence-corrected chi connectivity index (χ0v) is 14.9. The Bertz CT molecular complexity index is 779. The standard InChI is InChI=1S/C21H26O2/c1-12-9-16-17(10-18(12)22)21(6,11-20(16,4)5)15-7-13(2)19(23)14(3)8-15/h7-10,22-23H,11H2,1-6H3. The molecule has 0 aliphatic heterocycles. The molecule has 0 saturated heterocycles. The maximum absolute atomic E-state index is 10.2. The van der Waals surface area contributed by atoms with Crippen molar-refractivity contribution >= 4 is 0 Å². The Morgan fingerprint density at radius 2 is 1.35 bits per heavy atom. The Morgan fingerprint density at radius 1 is 0.783 bits per heavy atom. The first kappa shape index (κ1) is 15.9. The van der Waals surface area contributed by atoms with Gasteiger partial charge in [-0.1, -0.05) is 39.0 Å². The van der Waals surface area contributed by atoms with E-state index in [9.17, 15) is 10.2 Å². The van der Waals surface area contributed by atoms with Gasteiger partial charge in [0, 0.05) is 5.41 Å². The highest BCUT2D eigenvalue weighted by atomic mass is 16.3. The second kappa shape index (κ2) is 4.77. The van der Waals surface area contributed by atoms with E-state index in [4.69, 9.17) is 0 Å². The van der Waals surface area contributed by atoms with Crippen molar-refractivity contribution < 1.29 is 10.2 Å². The van der Waals surface area contributed by atoms with E-state index in [2.05, 4.69) is 39.0 Å². The lowest BCUT2D eigenvalue weighted by atomic mass is 9.74. The van der Waals surface area contributed by atoms with Crippen molar-refractivity contribution in [2.75, 3.05) is 0 Å². The molecule has 0 saturated carbocycles. The van der Waals surface area contributed by atoms with Gasteiger partial charge in [-0.25, -0.2) is 0 Å². The molecule has 122 valence electrons. The van der Waals surface area contributed by atoms with Crippen LogP contribution in [-0.2, 0) is 10.8 Å². The molecule has 2 nitrogen and oxygen atoms in total. The van der Waals surface area contributed by atoms with Crippen LogP contribution >= 0.6 is 0 Å². The highest BCUT2D eigenvalue weighted by molar-refractivity contribution is 5.57. The van der Waals surface area contributed by atoms with Crippen LogP contribution in [0.2, 0.25) is 0 Å². The van der Waals surface area contributed by atoms with Gasteiger partial charge in [0.1, 0.15) is 11.5 Å². The summed E-state index contributed by atoms with van der Waals surface area (Å²) in [4.78, 5) is 0. The van der Waals surface area contributed by atoms with Crippen LogP contribution in [-0.4, -0.2) is 10.2 Å². The van der Waals surface area contributed by atoms with Gasteiger partial charge in [0.05, 0.1) is 0 Å². The quantitative estimate of drug-likeness (QED) is 0.777. The minimum Gasteiger partial charge on any atom is -0.508 e. The molecule has 1 unspecified atom stereocenters. The van der Waals surface area contributed by atoms with Crippen LogP contribution < -0.4 is 0 Å². The van der Waals surface area contributed by atoms with E-state index in [-0.39, 0.29) is 10.8 Å². The molecule has 2 heteroatoms. The number of fused-ring (bicyclic) bond motifs is 1. The molecule has 2 aromatic carbocycles. The number of aryl methyl sites for hydroxylation is 3. The van der Waals surface area contributed by atoms with Gasteiger partial charge >= 0.3 is 0 Å². The monoisotopic (exact) mass is 310 g/mol. The lowest BCUT2D eigenvalue weighted by Crippen LogP contribution is -2.23. The molecular formula is C21H26O2. The summed E-state index contributed by atoms with van der Waals surface area (Å²) in [5, 5.41) is 20.3. The van der Waals surface area contributed by atoms with E-state index < -0.39 is 0 Å². The summed E-state index contributed by atoms with van der Waals surface area (Å²) in [6, 6.07) is 8.25. The third-order valence-corrected chi connectivity index (χ3v) is 5.58. The topological polar surface area (TPSA) is 40.5 Å². The van der Waals surface area contributed by atoms with Gasteiger partial charge in [0.25, 0.3) is 0 Å². The molecule has 1 atom stereocenters. The third-order valence-electron chi connectivity index (χ3n) is 5.58. The second-order valence-corrected chi connectivity index (χ2v) is 8.04. The summed E-state index contributed by atoms with van der Waals surface area (Å²) in [7, 11) is 0. The Morgan fingerprint density at radius 3 is 1.91 bits per heavy atom. The highest BCUT2D eigenvalue weighted by Crippen LogP contribution is 2.54. The van der Waals surface area contributed by atoms with Crippen LogP contribution in [0.5, 0.6) is 11.5 Å².